The van der Waals surface area contributed by atoms with Gasteiger partial charge in [0.05, 0.1) is 0 Å². The van der Waals surface area contributed by atoms with E-state index in [0.717, 1.165) is 13.1 Å². The lowest BCUT2D eigenvalue weighted by atomic mass is 10.6. The van der Waals surface area contributed by atoms with Crippen LogP contribution in [-0.2, 0) is 0 Å². The lowest BCUT2D eigenvalue weighted by Crippen LogP contribution is -2.15. The van der Waals surface area contributed by atoms with Crippen LogP contribution in [0.25, 0.3) is 0 Å². The van der Waals surface area contributed by atoms with Crippen LogP contribution in [0.3, 0.4) is 0 Å². The minimum Gasteiger partial charge on any atom is -0.333 e. The second kappa shape index (κ2) is 60.6. The molecule has 0 heterocycles. The largest absolute Gasteiger partial charge is 0.333 e. The molecule has 0 aliphatic heterocycles. The lowest BCUT2D eigenvalue weighted by Gasteiger charge is -2.07. The quantitative estimate of drug-likeness (QED) is 0.776. The zero-order chi connectivity index (χ0) is 14.4. The number of hydrogen-bond acceptors (Lipinski definition) is 3. The molecule has 0 aromatic rings. The molecule has 0 radical (unpaired) electrons. The van der Waals surface area contributed by atoms with Gasteiger partial charge in [-0.1, -0.05) is 48.0 Å². The molecule has 0 unspecified atom stereocenters. The molecule has 0 rings (SSSR count). The molecule has 0 aliphatic carbocycles. The van der Waals surface area contributed by atoms with E-state index in [9.17, 15) is 0 Å². The molecular formula is C13H39N3. The van der Waals surface area contributed by atoms with Gasteiger partial charge < -0.3 is 16.0 Å². The van der Waals surface area contributed by atoms with Gasteiger partial charge >= 0.3 is 0 Å². The summed E-state index contributed by atoms with van der Waals surface area (Å²) in [5, 5.41) is 2.75. The highest BCUT2D eigenvalue weighted by Gasteiger charge is 1.81. The van der Waals surface area contributed by atoms with Gasteiger partial charge in [0.25, 0.3) is 0 Å². The highest BCUT2D eigenvalue weighted by molar-refractivity contribution is 4.36. The van der Waals surface area contributed by atoms with Crippen LogP contribution in [0.2, 0.25) is 0 Å². The second-order valence-electron chi connectivity index (χ2n) is 2.70. The van der Waals surface area contributed by atoms with Crippen molar-refractivity contribution in [3.05, 3.63) is 0 Å². The number of nitrogens with two attached hydrogens (primary N) is 1. The van der Waals surface area contributed by atoms with Crippen LogP contribution in [0.4, 0.5) is 0 Å². The van der Waals surface area contributed by atoms with Gasteiger partial charge in [0.2, 0.25) is 0 Å². The Morgan fingerprint density at radius 1 is 0.875 bits per heavy atom. The van der Waals surface area contributed by atoms with Crippen molar-refractivity contribution in [2.45, 2.75) is 48.0 Å². The normalized spacial score (nSPS) is 6.75. The van der Waals surface area contributed by atoms with Crippen molar-refractivity contribution in [3.63, 3.8) is 0 Å². The first-order chi connectivity index (χ1) is 7.64. The minimum absolute atomic E-state index is 1.16. The number of hydrogen-bond donors (Lipinski definition) is 2. The third kappa shape index (κ3) is 153. The summed E-state index contributed by atoms with van der Waals surface area (Å²) in [6, 6.07) is 0. The van der Waals surface area contributed by atoms with E-state index in [1.807, 2.05) is 27.9 Å². The van der Waals surface area contributed by atoms with E-state index >= 15 is 0 Å². The predicted molar refractivity (Wildman–Crippen MR) is 81.3 cm³/mol. The van der Waals surface area contributed by atoms with Crippen LogP contribution in [0, 0.1) is 0 Å². The molecule has 16 heavy (non-hydrogen) atoms. The Hall–Kier alpha value is -0.120. The smallest absolute Gasteiger partial charge is 0.00504 e. The summed E-state index contributed by atoms with van der Waals surface area (Å²) in [4.78, 5) is 2.25. The monoisotopic (exact) mass is 237 g/mol. The van der Waals surface area contributed by atoms with Gasteiger partial charge in [-0.25, -0.2) is 0 Å². The fourth-order valence-electron chi connectivity index (χ4n) is 0.224. The number of rotatable bonds is 2. The molecule has 0 aromatic carbocycles. The fraction of sp³-hybridized carbons (Fsp3) is 1.00. The molecule has 0 saturated carbocycles. The summed E-state index contributed by atoms with van der Waals surface area (Å²) in [5.41, 5.74) is 4.50. The van der Waals surface area contributed by atoms with Crippen molar-refractivity contribution >= 4 is 0 Å². The summed E-state index contributed by atoms with van der Waals surface area (Å²) in [7, 11) is 7.36. The first kappa shape index (κ1) is 29.7. The van der Waals surface area contributed by atoms with Crippen LogP contribution in [0.5, 0.6) is 0 Å². The van der Waals surface area contributed by atoms with Crippen molar-refractivity contribution in [1.29, 1.82) is 0 Å². The molecule has 3 N–H and O–H groups in total. The van der Waals surface area contributed by atoms with Gasteiger partial charge in [-0.3, -0.25) is 0 Å². The maximum Gasteiger partial charge on any atom is -0.00504 e. The summed E-state index contributed by atoms with van der Waals surface area (Å²) >= 11 is 0. The molecule has 0 fully saturated rings. The van der Waals surface area contributed by atoms with Gasteiger partial charge in [0, 0.05) is 0 Å². The molecule has 0 atom stereocenters. The summed E-state index contributed by atoms with van der Waals surface area (Å²) in [5.74, 6) is 0. The molecule has 0 saturated heterocycles. The molecule has 0 spiro atoms. The van der Waals surface area contributed by atoms with E-state index in [1.54, 1.807) is 0 Å². The Bertz CT molecular complexity index is 44.4. The summed E-state index contributed by atoms with van der Waals surface area (Å²) in [6.45, 7) is 14.9. The lowest BCUT2D eigenvalue weighted by molar-refractivity contribution is 0.373. The van der Waals surface area contributed by atoms with E-state index < -0.39 is 0 Å². The topological polar surface area (TPSA) is 41.3 Å². The standard InChI is InChI=1S/C5H13N.C3H8.C2H7N.C2H6.CH5N/c1-4-6(3)5-2;2*1-3-2;2*1-2/h4-5H2,1-3H3;3H2,1-2H3;3H,1-2H3;1-2H3;2H2,1H3. The maximum atomic E-state index is 4.50. The van der Waals surface area contributed by atoms with Crippen LogP contribution in [0.15, 0.2) is 0 Å². The molecule has 0 aliphatic rings. The van der Waals surface area contributed by atoms with Crippen molar-refractivity contribution in [3.8, 4) is 0 Å². The predicted octanol–water partition coefficient (Wildman–Crippen LogP) is 2.81. The highest BCUT2D eigenvalue weighted by atomic mass is 15.1. The number of nitrogens with one attached hydrogen (secondary N) is 1. The van der Waals surface area contributed by atoms with Gasteiger partial charge in [0.15, 0.2) is 0 Å². The van der Waals surface area contributed by atoms with Gasteiger partial charge in [-0.05, 0) is 41.3 Å². The zero-order valence-corrected chi connectivity index (χ0v) is 13.6. The van der Waals surface area contributed by atoms with Crippen LogP contribution in [0.1, 0.15) is 48.0 Å². The van der Waals surface area contributed by atoms with E-state index in [1.165, 1.54) is 13.5 Å². The van der Waals surface area contributed by atoms with Crippen molar-refractivity contribution in [1.82, 2.24) is 10.2 Å². The molecule has 106 valence electrons. The first-order valence-electron chi connectivity index (χ1n) is 6.49. The Morgan fingerprint density at radius 2 is 1.00 bits per heavy atom. The Kier molecular flexibility index (Phi) is 112. The van der Waals surface area contributed by atoms with E-state index in [-0.39, 0.29) is 0 Å². The minimum atomic E-state index is 1.16. The van der Waals surface area contributed by atoms with Crippen LogP contribution in [-0.4, -0.2) is 46.2 Å². The summed E-state index contributed by atoms with van der Waals surface area (Å²) in [6.07, 6.45) is 1.25. The maximum absolute atomic E-state index is 4.50. The van der Waals surface area contributed by atoms with Gasteiger partial charge in [-0.2, -0.15) is 0 Å². The molecule has 3 nitrogen and oxygen atoms in total. The SMILES string of the molecule is CC.CCC.CCN(C)CC.CN.CNC. The van der Waals surface area contributed by atoms with Crippen LogP contribution >= 0.6 is 0 Å². The average molecular weight is 237 g/mol. The third-order valence-electron chi connectivity index (χ3n) is 1.08. The van der Waals surface area contributed by atoms with Crippen molar-refractivity contribution in [2.75, 3.05) is 41.3 Å². The molecule has 3 heteroatoms. The first-order valence-corrected chi connectivity index (χ1v) is 6.49. The van der Waals surface area contributed by atoms with Crippen molar-refractivity contribution in [2.24, 2.45) is 5.73 Å². The van der Waals surface area contributed by atoms with Crippen molar-refractivity contribution < 1.29 is 0 Å². The zero-order valence-electron chi connectivity index (χ0n) is 13.6. The highest BCUT2D eigenvalue weighted by Crippen LogP contribution is 1.73. The van der Waals surface area contributed by atoms with E-state index in [2.05, 4.69) is 50.7 Å². The van der Waals surface area contributed by atoms with E-state index in [4.69, 9.17) is 0 Å². The Labute approximate surface area is 106 Å². The molecule has 0 amide bonds. The summed E-state index contributed by atoms with van der Waals surface area (Å²) < 4.78 is 0. The molecule has 0 aromatic heterocycles. The molecule has 0 bridgehead atoms. The van der Waals surface area contributed by atoms with E-state index in [0.29, 0.717) is 0 Å². The van der Waals surface area contributed by atoms with Gasteiger partial charge in [-0.15, -0.1) is 0 Å². The second-order valence-corrected chi connectivity index (χ2v) is 2.70. The Morgan fingerprint density at radius 3 is 1.00 bits per heavy atom. The fourth-order valence-corrected chi connectivity index (χ4v) is 0.224. The average Bonchev–Trinajstić information content (AvgIpc) is 2.35. The number of nitrogens with zero attached hydrogens (tertiary/aromatic N) is 1. The van der Waals surface area contributed by atoms with Gasteiger partial charge in [0.1, 0.15) is 0 Å². The molecular weight excluding hydrogens is 198 g/mol. The Balaban J connectivity index is -0.0000000349. The van der Waals surface area contributed by atoms with Crippen LogP contribution < -0.4 is 11.1 Å². The third-order valence-corrected chi connectivity index (χ3v) is 1.08.